The predicted molar refractivity (Wildman–Crippen MR) is 82.8 cm³/mol. The van der Waals surface area contributed by atoms with Crippen LogP contribution in [0.1, 0.15) is 53.6 Å². The molecule has 0 spiro atoms. The van der Waals surface area contributed by atoms with Gasteiger partial charge in [-0.15, -0.1) is 0 Å². The lowest BCUT2D eigenvalue weighted by Gasteiger charge is -2.06. The highest BCUT2D eigenvalue weighted by Crippen LogP contribution is 2.28. The van der Waals surface area contributed by atoms with Crippen molar-refractivity contribution in [3.8, 4) is 0 Å². The lowest BCUT2D eigenvalue weighted by molar-refractivity contribution is 0.0602. The molecule has 0 saturated heterocycles. The van der Waals surface area contributed by atoms with Gasteiger partial charge in [0.15, 0.2) is 5.78 Å². The number of methoxy groups -OCH3 is 1. The van der Waals surface area contributed by atoms with E-state index in [1.807, 2.05) is 19.9 Å². The molecule has 0 atom stereocenters. The van der Waals surface area contributed by atoms with E-state index in [1.54, 1.807) is 12.1 Å². The number of benzene rings is 1. The van der Waals surface area contributed by atoms with Gasteiger partial charge in [0.25, 0.3) is 0 Å². The Labute approximate surface area is 124 Å². The van der Waals surface area contributed by atoms with Crippen molar-refractivity contribution in [3.63, 3.8) is 0 Å². The van der Waals surface area contributed by atoms with Gasteiger partial charge >= 0.3 is 5.97 Å². The Bertz CT molecular complexity index is 683. The van der Waals surface area contributed by atoms with Crippen molar-refractivity contribution in [3.05, 3.63) is 35.0 Å². The van der Waals surface area contributed by atoms with Gasteiger partial charge in [-0.3, -0.25) is 4.79 Å². The number of rotatable bonds is 5. The van der Waals surface area contributed by atoms with E-state index in [1.165, 1.54) is 7.11 Å². The fraction of sp³-hybridized carbons (Fsp3) is 0.412. The van der Waals surface area contributed by atoms with E-state index in [2.05, 4.69) is 11.9 Å². The SMILES string of the molecule is CCCc1[nH]c2c(C(=O)OC)cccc2c1C(=O)C(C)C. The molecule has 4 nitrogen and oxygen atoms in total. The summed E-state index contributed by atoms with van der Waals surface area (Å²) in [6.07, 6.45) is 1.71. The number of ketones is 1. The van der Waals surface area contributed by atoms with Crippen LogP contribution in [0.25, 0.3) is 10.9 Å². The van der Waals surface area contributed by atoms with Gasteiger partial charge in [0, 0.05) is 22.6 Å². The summed E-state index contributed by atoms with van der Waals surface area (Å²) in [5, 5.41) is 0.806. The second-order valence-electron chi connectivity index (χ2n) is 5.47. The number of fused-ring (bicyclic) bond motifs is 1. The molecule has 112 valence electrons. The smallest absolute Gasteiger partial charge is 0.339 e. The van der Waals surface area contributed by atoms with E-state index >= 15 is 0 Å². The highest BCUT2D eigenvalue weighted by molar-refractivity contribution is 6.14. The summed E-state index contributed by atoms with van der Waals surface area (Å²) in [6, 6.07) is 5.38. The fourth-order valence-corrected chi connectivity index (χ4v) is 2.56. The van der Waals surface area contributed by atoms with Gasteiger partial charge in [0.2, 0.25) is 0 Å². The lowest BCUT2D eigenvalue weighted by atomic mass is 9.96. The maximum atomic E-state index is 12.5. The zero-order chi connectivity index (χ0) is 15.6. The summed E-state index contributed by atoms with van der Waals surface area (Å²) >= 11 is 0. The first-order valence-corrected chi connectivity index (χ1v) is 7.27. The lowest BCUT2D eigenvalue weighted by Crippen LogP contribution is -2.09. The third kappa shape index (κ3) is 2.71. The number of hydrogen-bond donors (Lipinski definition) is 1. The number of carbonyl (C=O) groups excluding carboxylic acids is 2. The van der Waals surface area contributed by atoms with Gasteiger partial charge in [-0.25, -0.2) is 4.79 Å². The van der Waals surface area contributed by atoms with Crippen LogP contribution in [0.15, 0.2) is 18.2 Å². The average Bonchev–Trinajstić information content (AvgIpc) is 2.83. The summed E-state index contributed by atoms with van der Waals surface area (Å²) in [6.45, 7) is 5.85. The van der Waals surface area contributed by atoms with Crippen LogP contribution in [0, 0.1) is 5.92 Å². The molecule has 2 rings (SSSR count). The van der Waals surface area contributed by atoms with Crippen LogP contribution in [-0.4, -0.2) is 23.8 Å². The molecule has 0 saturated carbocycles. The van der Waals surface area contributed by atoms with Crippen LogP contribution in [0.4, 0.5) is 0 Å². The Kier molecular flexibility index (Phi) is 4.46. The standard InChI is InChI=1S/C17H21NO3/c1-5-7-13-14(16(19)10(2)3)11-8-6-9-12(15(11)18-13)17(20)21-4/h6,8-10,18H,5,7H2,1-4H3. The average molecular weight is 287 g/mol. The van der Waals surface area contributed by atoms with Crippen molar-refractivity contribution in [1.29, 1.82) is 0 Å². The Balaban J connectivity index is 2.73. The molecule has 1 N–H and O–H groups in total. The highest BCUT2D eigenvalue weighted by Gasteiger charge is 2.23. The third-order valence-corrected chi connectivity index (χ3v) is 3.59. The molecule has 0 fully saturated rings. The van der Waals surface area contributed by atoms with Crippen molar-refractivity contribution in [1.82, 2.24) is 4.98 Å². The summed E-state index contributed by atoms with van der Waals surface area (Å²) in [5.41, 5.74) is 2.78. The number of aromatic nitrogens is 1. The van der Waals surface area contributed by atoms with Crippen LogP contribution in [0.2, 0.25) is 0 Å². The van der Waals surface area contributed by atoms with E-state index in [-0.39, 0.29) is 11.7 Å². The van der Waals surface area contributed by atoms with Crippen LogP contribution in [0.3, 0.4) is 0 Å². The van der Waals surface area contributed by atoms with Crippen molar-refractivity contribution in [2.75, 3.05) is 7.11 Å². The number of para-hydroxylation sites is 1. The minimum Gasteiger partial charge on any atom is -0.465 e. The topological polar surface area (TPSA) is 59.2 Å². The Morgan fingerprint density at radius 1 is 1.29 bits per heavy atom. The molecule has 1 heterocycles. The van der Waals surface area contributed by atoms with Gasteiger partial charge < -0.3 is 9.72 Å². The number of Topliss-reactive ketones (excluding diaryl/α,β-unsaturated/α-hetero) is 1. The highest BCUT2D eigenvalue weighted by atomic mass is 16.5. The molecular formula is C17H21NO3. The number of nitrogens with one attached hydrogen (secondary N) is 1. The Morgan fingerprint density at radius 2 is 2.00 bits per heavy atom. The van der Waals surface area contributed by atoms with E-state index in [4.69, 9.17) is 4.74 Å². The molecule has 0 aliphatic carbocycles. The molecule has 0 amide bonds. The van der Waals surface area contributed by atoms with Gasteiger partial charge in [-0.2, -0.15) is 0 Å². The molecule has 0 unspecified atom stereocenters. The van der Waals surface area contributed by atoms with E-state index in [0.29, 0.717) is 16.6 Å². The van der Waals surface area contributed by atoms with Crippen molar-refractivity contribution >= 4 is 22.7 Å². The molecule has 1 aromatic carbocycles. The number of hydrogen-bond acceptors (Lipinski definition) is 3. The monoisotopic (exact) mass is 287 g/mol. The first-order valence-electron chi connectivity index (χ1n) is 7.27. The fourth-order valence-electron chi connectivity index (χ4n) is 2.56. The van der Waals surface area contributed by atoms with Crippen LogP contribution in [-0.2, 0) is 11.2 Å². The van der Waals surface area contributed by atoms with E-state index in [0.717, 1.165) is 23.9 Å². The number of ether oxygens (including phenoxy) is 1. The Hall–Kier alpha value is -2.10. The number of esters is 1. The number of carbonyl (C=O) groups is 2. The third-order valence-electron chi connectivity index (χ3n) is 3.59. The molecule has 0 bridgehead atoms. The minimum absolute atomic E-state index is 0.0820. The summed E-state index contributed by atoms with van der Waals surface area (Å²) < 4.78 is 4.82. The zero-order valence-electron chi connectivity index (χ0n) is 12.9. The summed E-state index contributed by atoms with van der Waals surface area (Å²) in [5.74, 6) is -0.374. The quantitative estimate of drug-likeness (QED) is 0.673. The van der Waals surface area contributed by atoms with E-state index < -0.39 is 5.97 Å². The van der Waals surface area contributed by atoms with Crippen LogP contribution >= 0.6 is 0 Å². The molecule has 1 aromatic heterocycles. The first kappa shape index (κ1) is 15.3. The molecule has 4 heteroatoms. The summed E-state index contributed by atoms with van der Waals surface area (Å²) in [7, 11) is 1.36. The molecule has 2 aromatic rings. The predicted octanol–water partition coefficient (Wildman–Crippen LogP) is 3.75. The van der Waals surface area contributed by atoms with Crippen molar-refractivity contribution in [2.45, 2.75) is 33.6 Å². The number of aryl methyl sites for hydroxylation is 1. The molecule has 0 radical (unpaired) electrons. The molecular weight excluding hydrogens is 266 g/mol. The second-order valence-corrected chi connectivity index (χ2v) is 5.47. The van der Waals surface area contributed by atoms with Gasteiger partial charge in [-0.1, -0.05) is 39.3 Å². The zero-order valence-corrected chi connectivity index (χ0v) is 12.9. The maximum Gasteiger partial charge on any atom is 0.339 e. The minimum atomic E-state index is -0.395. The van der Waals surface area contributed by atoms with Crippen LogP contribution in [0.5, 0.6) is 0 Å². The van der Waals surface area contributed by atoms with Gasteiger partial charge in [0.1, 0.15) is 0 Å². The van der Waals surface area contributed by atoms with E-state index in [9.17, 15) is 9.59 Å². The van der Waals surface area contributed by atoms with Gasteiger partial charge in [0.05, 0.1) is 18.2 Å². The van der Waals surface area contributed by atoms with Crippen LogP contribution < -0.4 is 0 Å². The van der Waals surface area contributed by atoms with Crippen molar-refractivity contribution in [2.24, 2.45) is 5.92 Å². The molecule has 0 aliphatic heterocycles. The maximum absolute atomic E-state index is 12.5. The molecule has 0 aliphatic rings. The first-order chi connectivity index (χ1) is 10.0. The van der Waals surface area contributed by atoms with Crippen molar-refractivity contribution < 1.29 is 14.3 Å². The number of H-pyrrole nitrogens is 1. The largest absolute Gasteiger partial charge is 0.465 e. The number of aromatic amines is 1. The van der Waals surface area contributed by atoms with Gasteiger partial charge in [-0.05, 0) is 12.5 Å². The Morgan fingerprint density at radius 3 is 2.57 bits per heavy atom. The normalized spacial score (nSPS) is 11.1. The second kappa shape index (κ2) is 6.12. The summed E-state index contributed by atoms with van der Waals surface area (Å²) in [4.78, 5) is 27.7. The molecule has 21 heavy (non-hydrogen) atoms.